The fraction of sp³-hybridized carbons (Fsp3) is 0.130. The van der Waals surface area contributed by atoms with Crippen molar-refractivity contribution in [3.63, 3.8) is 0 Å². The van der Waals surface area contributed by atoms with Gasteiger partial charge in [0.25, 0.3) is 5.91 Å². The Morgan fingerprint density at radius 3 is 2.44 bits per heavy atom. The fourth-order valence-corrected chi connectivity index (χ4v) is 4.28. The van der Waals surface area contributed by atoms with Crippen LogP contribution in [-0.2, 0) is 9.47 Å². The molecule has 32 heavy (non-hydrogen) atoms. The molecule has 0 spiro atoms. The highest BCUT2D eigenvalue weighted by Crippen LogP contribution is 2.40. The van der Waals surface area contributed by atoms with E-state index in [0.29, 0.717) is 37.7 Å². The van der Waals surface area contributed by atoms with Crippen LogP contribution in [0.5, 0.6) is 0 Å². The van der Waals surface area contributed by atoms with Crippen LogP contribution in [0.15, 0.2) is 53.1 Å². The lowest BCUT2D eigenvalue weighted by Crippen LogP contribution is -2.14. The summed E-state index contributed by atoms with van der Waals surface area (Å²) in [7, 11) is 2.55. The van der Waals surface area contributed by atoms with E-state index in [1.165, 1.54) is 26.5 Å². The number of ether oxygens (including phenoxy) is 2. The highest BCUT2D eigenvalue weighted by Gasteiger charge is 2.26. The second kappa shape index (κ2) is 8.64. The number of furan rings is 1. The summed E-state index contributed by atoms with van der Waals surface area (Å²) >= 11 is 1.14. The zero-order valence-electron chi connectivity index (χ0n) is 17.4. The quantitative estimate of drug-likeness (QED) is 0.440. The number of rotatable bonds is 5. The van der Waals surface area contributed by atoms with Crippen molar-refractivity contribution in [1.82, 2.24) is 4.98 Å². The molecule has 1 N–H and O–H groups in total. The highest BCUT2D eigenvalue weighted by atomic mass is 32.1. The summed E-state index contributed by atoms with van der Waals surface area (Å²) in [4.78, 5) is 41.3. The summed E-state index contributed by atoms with van der Waals surface area (Å²) in [5, 5.41) is 2.76. The zero-order valence-corrected chi connectivity index (χ0v) is 18.2. The Labute approximate surface area is 186 Å². The first kappa shape index (κ1) is 21.3. The number of hydrogen-bond donors (Lipinski definition) is 1. The molecule has 1 aromatic carbocycles. The number of esters is 2. The first-order valence-corrected chi connectivity index (χ1v) is 10.3. The summed E-state index contributed by atoms with van der Waals surface area (Å²) in [6, 6.07) is 12.1. The van der Waals surface area contributed by atoms with Crippen molar-refractivity contribution in [1.29, 1.82) is 0 Å². The molecule has 3 aromatic heterocycles. The van der Waals surface area contributed by atoms with Gasteiger partial charge in [-0.15, -0.1) is 11.3 Å². The lowest BCUT2D eigenvalue weighted by Gasteiger charge is -2.08. The minimum absolute atomic E-state index is 0.00339. The van der Waals surface area contributed by atoms with Crippen LogP contribution in [-0.4, -0.2) is 37.0 Å². The van der Waals surface area contributed by atoms with Gasteiger partial charge in [-0.05, 0) is 30.7 Å². The molecule has 4 aromatic rings. The van der Waals surface area contributed by atoms with Gasteiger partial charge in [0.2, 0.25) is 5.76 Å². The van der Waals surface area contributed by atoms with E-state index in [2.05, 4.69) is 10.3 Å². The van der Waals surface area contributed by atoms with E-state index in [1.54, 1.807) is 24.3 Å². The largest absolute Gasteiger partial charge is 0.465 e. The molecular formula is C23H18N2O6S. The topological polar surface area (TPSA) is 108 Å². The number of thiophene rings is 1. The lowest BCUT2D eigenvalue weighted by molar-refractivity contribution is 0.0568. The van der Waals surface area contributed by atoms with Crippen LogP contribution in [0.4, 0.5) is 5.82 Å². The summed E-state index contributed by atoms with van der Waals surface area (Å²) < 4.78 is 15.9. The van der Waals surface area contributed by atoms with E-state index in [9.17, 15) is 14.4 Å². The number of benzene rings is 1. The van der Waals surface area contributed by atoms with Gasteiger partial charge in [0.15, 0.2) is 0 Å². The molecule has 0 radical (unpaired) electrons. The number of nitrogens with one attached hydrogen (secondary N) is 1. The Balaban J connectivity index is 1.69. The summed E-state index contributed by atoms with van der Waals surface area (Å²) in [6.45, 7) is 1.85. The van der Waals surface area contributed by atoms with E-state index in [0.717, 1.165) is 16.9 Å². The number of carbonyl (C=O) groups excluding carboxylic acids is 3. The second-order valence-corrected chi connectivity index (χ2v) is 7.85. The molecule has 0 saturated carbocycles. The molecule has 4 rings (SSSR count). The van der Waals surface area contributed by atoms with Crippen molar-refractivity contribution < 1.29 is 28.3 Å². The van der Waals surface area contributed by atoms with Crippen molar-refractivity contribution >= 4 is 45.3 Å². The van der Waals surface area contributed by atoms with Crippen molar-refractivity contribution in [3.05, 3.63) is 70.4 Å². The molecule has 3 heterocycles. The van der Waals surface area contributed by atoms with Crippen LogP contribution in [0.3, 0.4) is 0 Å². The lowest BCUT2D eigenvalue weighted by atomic mass is 10.1. The number of aromatic nitrogens is 1. The standard InChI is InChI=1S/C23H18N2O6S/c1-12-6-4-5-7-14(12)21(26)25-17-9-8-13(11-24-17)18-19(23(28)30-3)31-15-10-16(22(27)29-2)32-20(15)18/h4-11H,1-3H3,(H,24,25,26). The maximum absolute atomic E-state index is 12.5. The Morgan fingerprint density at radius 2 is 1.78 bits per heavy atom. The third-order valence-corrected chi connectivity index (χ3v) is 5.92. The van der Waals surface area contributed by atoms with Crippen molar-refractivity contribution in [2.24, 2.45) is 0 Å². The molecule has 0 unspecified atom stereocenters. The van der Waals surface area contributed by atoms with E-state index in [-0.39, 0.29) is 11.7 Å². The number of fused-ring (bicyclic) bond motifs is 1. The highest BCUT2D eigenvalue weighted by molar-refractivity contribution is 7.21. The molecular weight excluding hydrogens is 432 g/mol. The first-order valence-electron chi connectivity index (χ1n) is 9.49. The van der Waals surface area contributed by atoms with E-state index < -0.39 is 11.9 Å². The van der Waals surface area contributed by atoms with Crippen molar-refractivity contribution in [2.45, 2.75) is 6.92 Å². The van der Waals surface area contributed by atoms with Gasteiger partial charge in [-0.2, -0.15) is 0 Å². The number of methoxy groups -OCH3 is 2. The first-order chi connectivity index (χ1) is 15.4. The fourth-order valence-electron chi connectivity index (χ4n) is 3.22. The molecule has 1 amide bonds. The third-order valence-electron chi connectivity index (χ3n) is 4.80. The molecule has 8 nitrogen and oxygen atoms in total. The summed E-state index contributed by atoms with van der Waals surface area (Å²) in [5.74, 6) is -1.07. The number of amides is 1. The predicted molar refractivity (Wildman–Crippen MR) is 119 cm³/mol. The van der Waals surface area contributed by atoms with Crippen LogP contribution >= 0.6 is 11.3 Å². The Morgan fingerprint density at radius 1 is 1.03 bits per heavy atom. The van der Waals surface area contributed by atoms with Crippen molar-refractivity contribution in [3.8, 4) is 11.1 Å². The molecule has 0 atom stereocenters. The van der Waals surface area contributed by atoms with E-state index >= 15 is 0 Å². The second-order valence-electron chi connectivity index (χ2n) is 6.79. The third kappa shape index (κ3) is 3.85. The van der Waals surface area contributed by atoms with Gasteiger partial charge < -0.3 is 19.2 Å². The molecule has 0 aliphatic carbocycles. The number of nitrogens with zero attached hydrogens (tertiary/aromatic N) is 1. The molecule has 0 aliphatic rings. The number of pyridine rings is 1. The van der Waals surface area contributed by atoms with Crippen LogP contribution < -0.4 is 5.32 Å². The van der Waals surface area contributed by atoms with Gasteiger partial charge in [-0.25, -0.2) is 14.6 Å². The number of hydrogen-bond acceptors (Lipinski definition) is 8. The SMILES string of the molecule is COC(=O)c1cc2oc(C(=O)OC)c(-c3ccc(NC(=O)c4ccccc4C)nc3)c2s1. The molecule has 0 saturated heterocycles. The number of anilines is 1. The monoisotopic (exact) mass is 450 g/mol. The minimum Gasteiger partial charge on any atom is -0.465 e. The maximum Gasteiger partial charge on any atom is 0.374 e. The normalized spacial score (nSPS) is 10.7. The molecule has 9 heteroatoms. The molecule has 162 valence electrons. The summed E-state index contributed by atoms with van der Waals surface area (Å²) in [6.07, 6.45) is 1.52. The van der Waals surface area contributed by atoms with Gasteiger partial charge in [-0.3, -0.25) is 4.79 Å². The number of carbonyl (C=O) groups is 3. The zero-order chi connectivity index (χ0) is 22.8. The van der Waals surface area contributed by atoms with Crippen LogP contribution in [0, 0.1) is 6.92 Å². The van der Waals surface area contributed by atoms with E-state index in [1.807, 2.05) is 19.1 Å². The minimum atomic E-state index is -0.653. The Kier molecular flexibility index (Phi) is 5.74. The van der Waals surface area contributed by atoms with Gasteiger partial charge in [-0.1, -0.05) is 18.2 Å². The van der Waals surface area contributed by atoms with Crippen LogP contribution in [0.25, 0.3) is 21.4 Å². The summed E-state index contributed by atoms with van der Waals surface area (Å²) in [5.41, 5.74) is 2.79. The average molecular weight is 450 g/mol. The Bertz CT molecular complexity index is 1340. The van der Waals surface area contributed by atoms with Gasteiger partial charge in [0, 0.05) is 23.4 Å². The van der Waals surface area contributed by atoms with Crippen LogP contribution in [0.1, 0.15) is 36.1 Å². The molecule has 0 fully saturated rings. The molecule has 0 aliphatic heterocycles. The number of aryl methyl sites for hydroxylation is 1. The average Bonchev–Trinajstić information content (AvgIpc) is 3.37. The predicted octanol–water partition coefficient (Wildman–Crippen LogP) is 4.69. The maximum atomic E-state index is 12.5. The molecule has 0 bridgehead atoms. The van der Waals surface area contributed by atoms with Gasteiger partial charge in [0.05, 0.1) is 24.5 Å². The van der Waals surface area contributed by atoms with Crippen molar-refractivity contribution in [2.75, 3.05) is 19.5 Å². The smallest absolute Gasteiger partial charge is 0.374 e. The van der Waals surface area contributed by atoms with Crippen LogP contribution in [0.2, 0.25) is 0 Å². The van der Waals surface area contributed by atoms with E-state index in [4.69, 9.17) is 13.9 Å². The van der Waals surface area contributed by atoms with Gasteiger partial charge in [0.1, 0.15) is 16.3 Å². The Hall–Kier alpha value is -3.98. The van der Waals surface area contributed by atoms with Gasteiger partial charge >= 0.3 is 11.9 Å².